The van der Waals surface area contributed by atoms with Crippen molar-refractivity contribution in [2.45, 2.75) is 13.3 Å². The SMILES string of the molecule is Cc1cc(NC(=O)CN2CCN(CCc3cccs3)CC2)on1. The minimum absolute atomic E-state index is 0.0480. The smallest absolute Gasteiger partial charge is 0.240 e. The first-order valence-electron chi connectivity index (χ1n) is 7.89. The van der Waals surface area contributed by atoms with Gasteiger partial charge in [0.05, 0.1) is 12.2 Å². The third-order valence-corrected chi connectivity index (χ3v) is 4.91. The summed E-state index contributed by atoms with van der Waals surface area (Å²) >= 11 is 1.82. The van der Waals surface area contributed by atoms with E-state index >= 15 is 0 Å². The number of aryl methyl sites for hydroxylation is 1. The molecule has 3 heterocycles. The van der Waals surface area contributed by atoms with Crippen LogP contribution in [-0.4, -0.2) is 60.1 Å². The van der Waals surface area contributed by atoms with Crippen LogP contribution in [0.5, 0.6) is 0 Å². The molecule has 1 aliphatic heterocycles. The molecule has 0 aromatic carbocycles. The van der Waals surface area contributed by atoms with Gasteiger partial charge in [0.15, 0.2) is 0 Å². The lowest BCUT2D eigenvalue weighted by atomic mass is 10.2. The lowest BCUT2D eigenvalue weighted by molar-refractivity contribution is -0.117. The van der Waals surface area contributed by atoms with E-state index in [9.17, 15) is 4.79 Å². The summed E-state index contributed by atoms with van der Waals surface area (Å²) in [7, 11) is 0. The number of thiophene rings is 1. The predicted molar refractivity (Wildman–Crippen MR) is 90.8 cm³/mol. The van der Waals surface area contributed by atoms with E-state index in [0.717, 1.165) is 44.8 Å². The van der Waals surface area contributed by atoms with Crippen LogP contribution in [0, 0.1) is 6.92 Å². The molecule has 0 spiro atoms. The fraction of sp³-hybridized carbons (Fsp3) is 0.500. The molecule has 0 bridgehead atoms. The van der Waals surface area contributed by atoms with Crippen LogP contribution in [0.3, 0.4) is 0 Å². The van der Waals surface area contributed by atoms with Crippen LogP contribution in [0.1, 0.15) is 10.6 Å². The molecule has 0 saturated carbocycles. The first-order valence-corrected chi connectivity index (χ1v) is 8.77. The van der Waals surface area contributed by atoms with Crippen LogP contribution in [0.4, 0.5) is 5.88 Å². The van der Waals surface area contributed by atoms with Crippen LogP contribution >= 0.6 is 11.3 Å². The predicted octanol–water partition coefficient (Wildman–Crippen LogP) is 1.84. The standard InChI is InChI=1S/C16H22N4O2S/c1-13-11-16(22-18-13)17-15(21)12-20-8-6-19(7-9-20)5-4-14-3-2-10-23-14/h2-3,10-11H,4-9,12H2,1H3,(H,17,21). The number of carbonyl (C=O) groups is 1. The monoisotopic (exact) mass is 334 g/mol. The largest absolute Gasteiger partial charge is 0.338 e. The molecule has 1 saturated heterocycles. The topological polar surface area (TPSA) is 61.6 Å². The number of rotatable bonds is 6. The number of aromatic nitrogens is 1. The van der Waals surface area contributed by atoms with Gasteiger partial charge < -0.3 is 9.42 Å². The molecule has 1 aliphatic rings. The molecular weight excluding hydrogens is 312 g/mol. The number of hydrogen-bond acceptors (Lipinski definition) is 6. The summed E-state index contributed by atoms with van der Waals surface area (Å²) in [6, 6.07) is 6.02. The molecule has 0 radical (unpaired) electrons. The second-order valence-electron chi connectivity index (χ2n) is 5.83. The third kappa shape index (κ3) is 4.89. The average Bonchev–Trinajstić information content (AvgIpc) is 3.18. The van der Waals surface area contributed by atoms with E-state index in [0.29, 0.717) is 12.4 Å². The fourth-order valence-corrected chi connectivity index (χ4v) is 3.39. The number of anilines is 1. The van der Waals surface area contributed by atoms with Gasteiger partial charge in [-0.05, 0) is 24.8 Å². The molecule has 2 aromatic rings. The molecule has 23 heavy (non-hydrogen) atoms. The summed E-state index contributed by atoms with van der Waals surface area (Å²) in [5.74, 6) is 0.371. The van der Waals surface area contributed by atoms with Gasteiger partial charge in [-0.3, -0.25) is 15.0 Å². The quantitative estimate of drug-likeness (QED) is 0.873. The lowest BCUT2D eigenvalue weighted by Gasteiger charge is -2.34. The molecule has 1 N–H and O–H groups in total. The van der Waals surface area contributed by atoms with Crippen molar-refractivity contribution in [3.63, 3.8) is 0 Å². The summed E-state index contributed by atoms with van der Waals surface area (Å²) in [5, 5.41) is 8.63. The molecule has 0 aliphatic carbocycles. The zero-order valence-corrected chi connectivity index (χ0v) is 14.1. The molecule has 7 heteroatoms. The van der Waals surface area contributed by atoms with Gasteiger partial charge in [0.1, 0.15) is 0 Å². The van der Waals surface area contributed by atoms with Gasteiger partial charge in [-0.2, -0.15) is 0 Å². The Bertz CT molecular complexity index is 618. The Balaban J connectivity index is 1.36. The van der Waals surface area contributed by atoms with Crippen molar-refractivity contribution in [1.82, 2.24) is 15.0 Å². The van der Waals surface area contributed by atoms with Crippen LogP contribution in [0.2, 0.25) is 0 Å². The molecule has 1 fully saturated rings. The number of nitrogens with one attached hydrogen (secondary N) is 1. The molecule has 3 rings (SSSR count). The summed E-state index contributed by atoms with van der Waals surface area (Å²) in [5.41, 5.74) is 0.764. The maximum Gasteiger partial charge on any atom is 0.240 e. The van der Waals surface area contributed by atoms with Gasteiger partial charge >= 0.3 is 0 Å². The van der Waals surface area contributed by atoms with Crippen molar-refractivity contribution in [2.75, 3.05) is 44.6 Å². The van der Waals surface area contributed by atoms with Gasteiger partial charge in [0.2, 0.25) is 11.8 Å². The zero-order valence-electron chi connectivity index (χ0n) is 13.3. The average molecular weight is 334 g/mol. The molecule has 6 nitrogen and oxygen atoms in total. The molecule has 1 amide bonds. The number of hydrogen-bond donors (Lipinski definition) is 1. The second-order valence-corrected chi connectivity index (χ2v) is 6.86. The third-order valence-electron chi connectivity index (χ3n) is 3.98. The summed E-state index contributed by atoms with van der Waals surface area (Å²) < 4.78 is 5.00. The van der Waals surface area contributed by atoms with E-state index in [-0.39, 0.29) is 5.91 Å². The van der Waals surface area contributed by atoms with Crippen molar-refractivity contribution in [1.29, 1.82) is 0 Å². The van der Waals surface area contributed by atoms with Gasteiger partial charge in [0.25, 0.3) is 0 Å². The van der Waals surface area contributed by atoms with E-state index in [1.165, 1.54) is 4.88 Å². The fourth-order valence-electron chi connectivity index (χ4n) is 2.70. The minimum Gasteiger partial charge on any atom is -0.338 e. The van der Waals surface area contributed by atoms with Crippen molar-refractivity contribution in [3.05, 3.63) is 34.2 Å². The van der Waals surface area contributed by atoms with Crippen molar-refractivity contribution >= 4 is 23.1 Å². The summed E-state index contributed by atoms with van der Waals surface area (Å²) in [4.78, 5) is 18.1. The molecule has 0 unspecified atom stereocenters. The summed E-state index contributed by atoms with van der Waals surface area (Å²) in [6.45, 7) is 7.20. The van der Waals surface area contributed by atoms with Crippen LogP contribution in [-0.2, 0) is 11.2 Å². The first-order chi connectivity index (χ1) is 11.2. The summed E-state index contributed by atoms with van der Waals surface area (Å²) in [6.07, 6.45) is 1.11. The number of carbonyl (C=O) groups excluding carboxylic acids is 1. The zero-order chi connectivity index (χ0) is 16.1. The maximum absolute atomic E-state index is 12.0. The van der Waals surface area contributed by atoms with E-state index in [1.807, 2.05) is 18.3 Å². The van der Waals surface area contributed by atoms with Crippen molar-refractivity contribution in [2.24, 2.45) is 0 Å². The molecule has 0 atom stereocenters. The Morgan fingerprint density at radius 1 is 1.35 bits per heavy atom. The minimum atomic E-state index is -0.0480. The molecule has 2 aromatic heterocycles. The van der Waals surface area contributed by atoms with Crippen molar-refractivity contribution < 1.29 is 9.32 Å². The Morgan fingerprint density at radius 2 is 2.13 bits per heavy atom. The van der Waals surface area contributed by atoms with Gasteiger partial charge in [0, 0.05) is 43.7 Å². The van der Waals surface area contributed by atoms with Gasteiger partial charge in [-0.1, -0.05) is 11.2 Å². The van der Waals surface area contributed by atoms with E-state index < -0.39 is 0 Å². The Hall–Kier alpha value is -1.70. The first kappa shape index (κ1) is 16.2. The number of piperazine rings is 1. The highest BCUT2D eigenvalue weighted by Crippen LogP contribution is 2.11. The highest BCUT2D eigenvalue weighted by molar-refractivity contribution is 7.09. The van der Waals surface area contributed by atoms with Crippen molar-refractivity contribution in [3.8, 4) is 0 Å². The Labute approximate surface area is 140 Å². The maximum atomic E-state index is 12.0. The van der Waals surface area contributed by atoms with E-state index in [2.05, 4.69) is 37.8 Å². The van der Waals surface area contributed by atoms with Gasteiger partial charge in [-0.15, -0.1) is 11.3 Å². The van der Waals surface area contributed by atoms with Gasteiger partial charge in [-0.25, -0.2) is 0 Å². The van der Waals surface area contributed by atoms with E-state index in [1.54, 1.807) is 6.07 Å². The van der Waals surface area contributed by atoms with Crippen LogP contribution in [0.15, 0.2) is 28.1 Å². The number of nitrogens with zero attached hydrogens (tertiary/aromatic N) is 3. The second kappa shape index (κ2) is 7.72. The lowest BCUT2D eigenvalue weighted by Crippen LogP contribution is -2.48. The Morgan fingerprint density at radius 3 is 2.78 bits per heavy atom. The molecule has 124 valence electrons. The number of amides is 1. The highest BCUT2D eigenvalue weighted by atomic mass is 32.1. The van der Waals surface area contributed by atoms with Crippen LogP contribution in [0.25, 0.3) is 0 Å². The molecular formula is C16H22N4O2S. The highest BCUT2D eigenvalue weighted by Gasteiger charge is 2.19. The van der Waals surface area contributed by atoms with Crippen LogP contribution < -0.4 is 5.32 Å². The Kier molecular flexibility index (Phi) is 5.43. The normalized spacial score (nSPS) is 16.6. The van der Waals surface area contributed by atoms with E-state index in [4.69, 9.17) is 4.52 Å².